The minimum Gasteiger partial charge on any atom is -0.507 e. The molecular formula is C14H11NO4. The van der Waals surface area contributed by atoms with Crippen molar-refractivity contribution in [1.82, 2.24) is 0 Å². The molecule has 0 unspecified atom stereocenters. The Labute approximate surface area is 109 Å². The zero-order valence-electron chi connectivity index (χ0n) is 9.87. The molecule has 0 amide bonds. The Bertz CT molecular complexity index is 623. The highest BCUT2D eigenvalue weighted by atomic mass is 16.6. The number of anilines is 1. The van der Waals surface area contributed by atoms with E-state index in [0.29, 0.717) is 5.69 Å². The van der Waals surface area contributed by atoms with Gasteiger partial charge in [0.05, 0.1) is 5.56 Å². The maximum Gasteiger partial charge on any atom is 0.349 e. The lowest BCUT2D eigenvalue weighted by atomic mass is 10.2. The van der Waals surface area contributed by atoms with Crippen LogP contribution >= 0.6 is 0 Å². The van der Waals surface area contributed by atoms with Crippen molar-refractivity contribution in [3.63, 3.8) is 0 Å². The number of hydrogen-bond acceptors (Lipinski definition) is 5. The minimum atomic E-state index is -0.925. The second kappa shape index (κ2) is 5.22. The molecule has 0 radical (unpaired) electrons. The second-order valence-corrected chi connectivity index (χ2v) is 3.82. The van der Waals surface area contributed by atoms with E-state index in [0.717, 1.165) is 0 Å². The maximum atomic E-state index is 11.7. The maximum absolute atomic E-state index is 11.7. The van der Waals surface area contributed by atoms with Crippen LogP contribution in [0, 0.1) is 0 Å². The van der Waals surface area contributed by atoms with Crippen LogP contribution in [-0.4, -0.2) is 17.0 Å². The van der Waals surface area contributed by atoms with Gasteiger partial charge in [-0.2, -0.15) is 0 Å². The molecule has 2 aromatic rings. The van der Waals surface area contributed by atoms with Gasteiger partial charge in [-0.05, 0) is 24.3 Å². The second-order valence-electron chi connectivity index (χ2n) is 3.82. The molecule has 2 rings (SSSR count). The number of hydrogen-bond donors (Lipinski definition) is 2. The summed E-state index contributed by atoms with van der Waals surface area (Å²) in [6, 6.07) is 12.0. The van der Waals surface area contributed by atoms with E-state index in [1.54, 1.807) is 18.2 Å². The molecule has 3 N–H and O–H groups in total. The van der Waals surface area contributed by atoms with Crippen molar-refractivity contribution in [3.8, 4) is 5.75 Å². The molecule has 5 nitrogen and oxygen atoms in total. The Kier molecular flexibility index (Phi) is 3.47. The Morgan fingerprint density at radius 3 is 2.32 bits per heavy atom. The molecule has 96 valence electrons. The third kappa shape index (κ3) is 2.90. The first-order valence-electron chi connectivity index (χ1n) is 5.48. The van der Waals surface area contributed by atoms with Crippen LogP contribution in [0.3, 0.4) is 0 Å². The number of carbonyl (C=O) groups is 2. The van der Waals surface area contributed by atoms with E-state index in [9.17, 15) is 14.7 Å². The quantitative estimate of drug-likeness (QED) is 0.487. The summed E-state index contributed by atoms with van der Waals surface area (Å²) >= 11 is 0. The number of nitrogen functional groups attached to an aromatic ring is 1. The number of benzene rings is 2. The molecule has 0 heterocycles. The molecule has 0 aromatic heterocycles. The van der Waals surface area contributed by atoms with E-state index in [4.69, 9.17) is 5.73 Å². The lowest BCUT2D eigenvalue weighted by molar-refractivity contribution is 0.0396. The molecule has 19 heavy (non-hydrogen) atoms. The average Bonchev–Trinajstić information content (AvgIpc) is 2.39. The molecule has 5 heteroatoms. The van der Waals surface area contributed by atoms with Crippen molar-refractivity contribution in [3.05, 3.63) is 59.7 Å². The number of rotatable bonds is 2. The number of esters is 2. The molecule has 0 atom stereocenters. The van der Waals surface area contributed by atoms with Crippen molar-refractivity contribution >= 4 is 17.6 Å². The van der Waals surface area contributed by atoms with Gasteiger partial charge in [-0.3, -0.25) is 0 Å². The minimum absolute atomic E-state index is 0.113. The number of ether oxygens (including phenoxy) is 1. The summed E-state index contributed by atoms with van der Waals surface area (Å²) in [5, 5.41) is 9.55. The van der Waals surface area contributed by atoms with Gasteiger partial charge in [-0.1, -0.05) is 18.2 Å². The zero-order valence-corrected chi connectivity index (χ0v) is 9.87. The van der Waals surface area contributed by atoms with E-state index >= 15 is 0 Å². The first-order chi connectivity index (χ1) is 9.08. The summed E-state index contributed by atoms with van der Waals surface area (Å²) in [7, 11) is 0. The smallest absolute Gasteiger partial charge is 0.349 e. The highest BCUT2D eigenvalue weighted by Gasteiger charge is 2.17. The number of aromatic hydroxyl groups is 1. The van der Waals surface area contributed by atoms with Crippen molar-refractivity contribution in [2.75, 3.05) is 5.73 Å². The van der Waals surface area contributed by atoms with Gasteiger partial charge in [0, 0.05) is 11.8 Å². The Morgan fingerprint density at radius 2 is 1.68 bits per heavy atom. The van der Waals surface area contributed by atoms with Crippen LogP contribution in [0.2, 0.25) is 0 Å². The molecule has 0 aliphatic carbocycles. The van der Waals surface area contributed by atoms with Crippen LogP contribution in [0.25, 0.3) is 0 Å². The van der Waals surface area contributed by atoms with Crippen LogP contribution in [0.5, 0.6) is 5.75 Å². The van der Waals surface area contributed by atoms with E-state index in [1.807, 2.05) is 0 Å². The number of phenolic OH excluding ortho intramolecular Hbond substituents is 1. The number of phenols is 1. The lowest BCUT2D eigenvalue weighted by Gasteiger charge is -2.05. The van der Waals surface area contributed by atoms with Crippen LogP contribution in [0.4, 0.5) is 5.69 Å². The summed E-state index contributed by atoms with van der Waals surface area (Å²) in [5.74, 6) is -2.03. The Hall–Kier alpha value is -2.82. The van der Waals surface area contributed by atoms with E-state index in [-0.39, 0.29) is 16.9 Å². The largest absolute Gasteiger partial charge is 0.507 e. The highest BCUT2D eigenvalue weighted by molar-refractivity contribution is 6.03. The number of nitrogens with two attached hydrogens (primary N) is 1. The van der Waals surface area contributed by atoms with E-state index < -0.39 is 11.9 Å². The molecule has 2 aromatic carbocycles. The molecule has 0 bridgehead atoms. The fourth-order valence-corrected chi connectivity index (χ4v) is 1.49. The molecule has 0 saturated carbocycles. The van der Waals surface area contributed by atoms with E-state index in [1.165, 1.54) is 30.3 Å². The summed E-state index contributed by atoms with van der Waals surface area (Å²) < 4.78 is 4.66. The summed E-state index contributed by atoms with van der Waals surface area (Å²) in [4.78, 5) is 23.4. The highest BCUT2D eigenvalue weighted by Crippen LogP contribution is 2.21. The predicted octanol–water partition coefficient (Wildman–Crippen LogP) is 1.97. The van der Waals surface area contributed by atoms with Crippen molar-refractivity contribution in [1.29, 1.82) is 0 Å². The van der Waals surface area contributed by atoms with Crippen LogP contribution < -0.4 is 5.73 Å². The predicted molar refractivity (Wildman–Crippen MR) is 68.7 cm³/mol. The monoisotopic (exact) mass is 257 g/mol. The summed E-state index contributed by atoms with van der Waals surface area (Å²) in [6.07, 6.45) is 0. The first-order valence-corrected chi connectivity index (χ1v) is 5.48. The van der Waals surface area contributed by atoms with Crippen molar-refractivity contribution in [2.45, 2.75) is 0 Å². The van der Waals surface area contributed by atoms with E-state index in [2.05, 4.69) is 4.74 Å². The molecular weight excluding hydrogens is 246 g/mol. The van der Waals surface area contributed by atoms with Gasteiger partial charge >= 0.3 is 11.9 Å². The zero-order chi connectivity index (χ0) is 13.8. The van der Waals surface area contributed by atoms with Crippen molar-refractivity contribution < 1.29 is 19.4 Å². The summed E-state index contributed by atoms with van der Waals surface area (Å²) in [6.45, 7) is 0. The topological polar surface area (TPSA) is 89.6 Å². The van der Waals surface area contributed by atoms with Crippen molar-refractivity contribution in [2.24, 2.45) is 0 Å². The molecule has 0 saturated heterocycles. The van der Waals surface area contributed by atoms with Gasteiger partial charge in [-0.25, -0.2) is 9.59 Å². The van der Waals surface area contributed by atoms with Crippen LogP contribution in [-0.2, 0) is 4.74 Å². The fourth-order valence-electron chi connectivity index (χ4n) is 1.49. The average molecular weight is 257 g/mol. The summed E-state index contributed by atoms with van der Waals surface area (Å²) in [5.41, 5.74) is 5.89. The third-order valence-electron chi connectivity index (χ3n) is 2.44. The lowest BCUT2D eigenvalue weighted by Crippen LogP contribution is -2.13. The van der Waals surface area contributed by atoms with Gasteiger partial charge in [0.15, 0.2) is 0 Å². The third-order valence-corrected chi connectivity index (χ3v) is 2.44. The molecule has 0 spiro atoms. The van der Waals surface area contributed by atoms with Crippen LogP contribution in [0.1, 0.15) is 20.7 Å². The molecule has 0 fully saturated rings. The standard InChI is InChI=1S/C14H11NO4/c15-10-6-7-11(12(16)8-10)14(18)19-13(17)9-4-2-1-3-5-9/h1-8,16H,15H2. The molecule has 0 aliphatic rings. The van der Waals surface area contributed by atoms with Gasteiger partial charge in [0.1, 0.15) is 11.3 Å². The Morgan fingerprint density at radius 1 is 1.00 bits per heavy atom. The van der Waals surface area contributed by atoms with Gasteiger partial charge < -0.3 is 15.6 Å². The SMILES string of the molecule is Nc1ccc(C(=O)OC(=O)c2ccccc2)c(O)c1. The molecule has 0 aliphatic heterocycles. The Balaban J connectivity index is 2.15. The fraction of sp³-hybridized carbons (Fsp3) is 0. The van der Waals surface area contributed by atoms with Crippen LogP contribution in [0.15, 0.2) is 48.5 Å². The van der Waals surface area contributed by atoms with Gasteiger partial charge in [-0.15, -0.1) is 0 Å². The van der Waals surface area contributed by atoms with Gasteiger partial charge in [0.2, 0.25) is 0 Å². The van der Waals surface area contributed by atoms with Gasteiger partial charge in [0.25, 0.3) is 0 Å². The normalized spacial score (nSPS) is 9.89. The first kappa shape index (κ1) is 12.6. The number of carbonyl (C=O) groups excluding carboxylic acids is 2.